The number of nitrogens with one attached hydrogen (secondary N) is 1. The first kappa shape index (κ1) is 12.1. The Morgan fingerprint density at radius 1 is 1.40 bits per heavy atom. The zero-order chi connectivity index (χ0) is 11.5. The van der Waals surface area contributed by atoms with Crippen molar-refractivity contribution < 1.29 is 0 Å². The number of hydrogen-bond donors (Lipinski definition) is 1. The second kappa shape index (κ2) is 4.70. The first-order valence-corrected chi connectivity index (χ1v) is 5.34. The summed E-state index contributed by atoms with van der Waals surface area (Å²) in [5.74, 6) is 2.71. The third kappa shape index (κ3) is 3.27. The molecule has 0 aliphatic rings. The van der Waals surface area contributed by atoms with Crippen LogP contribution in [0.3, 0.4) is 0 Å². The summed E-state index contributed by atoms with van der Waals surface area (Å²) in [4.78, 5) is 0. The van der Waals surface area contributed by atoms with Gasteiger partial charge in [-0.1, -0.05) is 35.7 Å². The summed E-state index contributed by atoms with van der Waals surface area (Å²) < 4.78 is 0. The van der Waals surface area contributed by atoms with Crippen LogP contribution in [-0.4, -0.2) is 5.54 Å². The first-order valence-electron chi connectivity index (χ1n) is 4.96. The van der Waals surface area contributed by atoms with Crippen molar-refractivity contribution in [3.05, 3.63) is 34.9 Å². The molecule has 1 N–H and O–H groups in total. The van der Waals surface area contributed by atoms with E-state index in [1.165, 1.54) is 0 Å². The lowest BCUT2D eigenvalue weighted by Crippen LogP contribution is -2.39. The maximum Gasteiger partial charge on any atom is 0.0745 e. The molecule has 0 spiro atoms. The van der Waals surface area contributed by atoms with Crippen LogP contribution in [0, 0.1) is 12.3 Å². The van der Waals surface area contributed by atoms with Crippen LogP contribution in [0.4, 0.5) is 0 Å². The van der Waals surface area contributed by atoms with E-state index in [9.17, 15) is 0 Å². The molecule has 1 rings (SSSR count). The summed E-state index contributed by atoms with van der Waals surface area (Å²) in [5.41, 5.74) is 0.751. The molecule has 1 aromatic carbocycles. The lowest BCUT2D eigenvalue weighted by Gasteiger charge is -2.25. The molecule has 80 valence electrons. The van der Waals surface area contributed by atoms with Crippen LogP contribution in [0.15, 0.2) is 24.3 Å². The largest absolute Gasteiger partial charge is 0.295 e. The molecule has 1 unspecified atom stereocenters. The van der Waals surface area contributed by atoms with Gasteiger partial charge in [-0.15, -0.1) is 6.42 Å². The number of halogens is 1. The smallest absolute Gasteiger partial charge is 0.0745 e. The lowest BCUT2D eigenvalue weighted by atomic mass is 10.0. The van der Waals surface area contributed by atoms with E-state index in [0.717, 1.165) is 10.6 Å². The fraction of sp³-hybridized carbons (Fsp3) is 0.385. The summed E-state index contributed by atoms with van der Waals surface area (Å²) in [6, 6.07) is 7.93. The van der Waals surface area contributed by atoms with Gasteiger partial charge in [-0.2, -0.15) is 0 Å². The molecule has 0 aliphatic heterocycles. The Bertz CT molecular complexity index is 376. The Labute approximate surface area is 96.8 Å². The Morgan fingerprint density at radius 3 is 2.53 bits per heavy atom. The van der Waals surface area contributed by atoms with E-state index in [-0.39, 0.29) is 11.6 Å². The van der Waals surface area contributed by atoms with E-state index in [2.05, 4.69) is 18.2 Å². The van der Waals surface area contributed by atoms with Crippen LogP contribution in [-0.2, 0) is 0 Å². The van der Waals surface area contributed by atoms with Crippen LogP contribution in [0.25, 0.3) is 0 Å². The Morgan fingerprint density at radius 2 is 2.00 bits per heavy atom. The normalized spacial score (nSPS) is 13.3. The molecule has 0 aliphatic carbocycles. The molecule has 0 radical (unpaired) electrons. The SMILES string of the molecule is C#CC(C)(C)NC(C)c1ccccc1Cl. The molecule has 0 amide bonds. The number of benzene rings is 1. The minimum Gasteiger partial charge on any atom is -0.295 e. The van der Waals surface area contributed by atoms with Crippen molar-refractivity contribution in [2.24, 2.45) is 0 Å². The van der Waals surface area contributed by atoms with Crippen LogP contribution in [0.5, 0.6) is 0 Å². The fourth-order valence-electron chi connectivity index (χ4n) is 1.49. The van der Waals surface area contributed by atoms with Gasteiger partial charge in [0, 0.05) is 11.1 Å². The molecule has 0 heterocycles. The average Bonchev–Trinajstić information content (AvgIpc) is 2.17. The van der Waals surface area contributed by atoms with Crippen LogP contribution in [0.2, 0.25) is 5.02 Å². The van der Waals surface area contributed by atoms with E-state index >= 15 is 0 Å². The van der Waals surface area contributed by atoms with Gasteiger partial charge in [0.15, 0.2) is 0 Å². The van der Waals surface area contributed by atoms with Gasteiger partial charge >= 0.3 is 0 Å². The standard InChI is InChI=1S/C13H16ClN/c1-5-13(3,4)15-10(2)11-8-6-7-9-12(11)14/h1,6-10,15H,2-4H3. The van der Waals surface area contributed by atoms with Crippen LogP contribution < -0.4 is 5.32 Å². The minimum atomic E-state index is -0.321. The molecule has 1 atom stereocenters. The molecular weight excluding hydrogens is 206 g/mol. The zero-order valence-corrected chi connectivity index (χ0v) is 10.1. The van der Waals surface area contributed by atoms with E-state index < -0.39 is 0 Å². The highest BCUT2D eigenvalue weighted by Crippen LogP contribution is 2.23. The number of hydrogen-bond acceptors (Lipinski definition) is 1. The van der Waals surface area contributed by atoms with Crippen molar-refractivity contribution in [3.8, 4) is 12.3 Å². The van der Waals surface area contributed by atoms with E-state index in [4.69, 9.17) is 18.0 Å². The topological polar surface area (TPSA) is 12.0 Å². The molecule has 0 fully saturated rings. The van der Waals surface area contributed by atoms with E-state index in [0.29, 0.717) is 0 Å². The van der Waals surface area contributed by atoms with Gasteiger partial charge in [-0.05, 0) is 32.4 Å². The van der Waals surface area contributed by atoms with Crippen LogP contribution >= 0.6 is 11.6 Å². The van der Waals surface area contributed by atoms with E-state index in [1.807, 2.05) is 38.1 Å². The Kier molecular flexibility index (Phi) is 3.79. The second-order valence-corrected chi connectivity index (χ2v) is 4.56. The maximum atomic E-state index is 6.10. The van der Waals surface area contributed by atoms with Crippen LogP contribution in [0.1, 0.15) is 32.4 Å². The van der Waals surface area contributed by atoms with Crippen molar-refractivity contribution in [1.82, 2.24) is 5.32 Å². The third-order valence-electron chi connectivity index (χ3n) is 2.31. The Hall–Kier alpha value is -0.970. The summed E-state index contributed by atoms with van der Waals surface area (Å²) in [6.45, 7) is 6.00. The number of terminal acetylenes is 1. The van der Waals surface area contributed by atoms with Crippen molar-refractivity contribution in [1.29, 1.82) is 0 Å². The summed E-state index contributed by atoms with van der Waals surface area (Å²) >= 11 is 6.10. The predicted molar refractivity (Wildman–Crippen MR) is 65.9 cm³/mol. The second-order valence-electron chi connectivity index (χ2n) is 4.16. The summed E-state index contributed by atoms with van der Waals surface area (Å²) in [6.07, 6.45) is 5.43. The molecule has 15 heavy (non-hydrogen) atoms. The number of rotatable bonds is 3. The quantitative estimate of drug-likeness (QED) is 0.772. The van der Waals surface area contributed by atoms with Crippen molar-refractivity contribution >= 4 is 11.6 Å². The molecule has 0 saturated heterocycles. The summed E-state index contributed by atoms with van der Waals surface area (Å²) in [7, 11) is 0. The lowest BCUT2D eigenvalue weighted by molar-refractivity contribution is 0.431. The van der Waals surface area contributed by atoms with Gasteiger partial charge in [-0.25, -0.2) is 0 Å². The molecule has 1 nitrogen and oxygen atoms in total. The van der Waals surface area contributed by atoms with E-state index in [1.54, 1.807) is 0 Å². The molecule has 0 saturated carbocycles. The average molecular weight is 222 g/mol. The zero-order valence-electron chi connectivity index (χ0n) is 9.34. The third-order valence-corrected chi connectivity index (χ3v) is 2.65. The highest BCUT2D eigenvalue weighted by molar-refractivity contribution is 6.31. The van der Waals surface area contributed by atoms with Crippen molar-refractivity contribution in [2.75, 3.05) is 0 Å². The predicted octanol–water partition coefficient (Wildman–Crippen LogP) is 3.40. The Balaban J connectivity index is 2.83. The molecule has 1 aromatic rings. The summed E-state index contributed by atoms with van der Waals surface area (Å²) in [5, 5.41) is 4.11. The van der Waals surface area contributed by atoms with Gasteiger partial charge in [0.25, 0.3) is 0 Å². The molecule has 0 bridgehead atoms. The highest BCUT2D eigenvalue weighted by atomic mass is 35.5. The van der Waals surface area contributed by atoms with Gasteiger partial charge < -0.3 is 0 Å². The van der Waals surface area contributed by atoms with Crippen molar-refractivity contribution in [2.45, 2.75) is 32.4 Å². The molecule has 2 heteroatoms. The van der Waals surface area contributed by atoms with Gasteiger partial charge in [0.05, 0.1) is 5.54 Å². The fourth-order valence-corrected chi connectivity index (χ4v) is 1.79. The molecule has 0 aromatic heterocycles. The van der Waals surface area contributed by atoms with Gasteiger partial charge in [0.2, 0.25) is 0 Å². The maximum absolute atomic E-state index is 6.10. The highest BCUT2D eigenvalue weighted by Gasteiger charge is 2.18. The minimum absolute atomic E-state index is 0.143. The van der Waals surface area contributed by atoms with Gasteiger partial charge in [-0.3, -0.25) is 5.32 Å². The molecular formula is C13H16ClN. The monoisotopic (exact) mass is 221 g/mol. The van der Waals surface area contributed by atoms with Crippen molar-refractivity contribution in [3.63, 3.8) is 0 Å². The van der Waals surface area contributed by atoms with Gasteiger partial charge in [0.1, 0.15) is 0 Å². The first-order chi connectivity index (χ1) is 6.96.